The first-order chi connectivity index (χ1) is 3.27. The SMILES string of the molecule is NC(=O)SSC=O. The zero-order chi connectivity index (χ0) is 5.70. The first-order valence-electron chi connectivity index (χ1n) is 1.33. The Hall–Kier alpha value is -0.160. The molecule has 1 amide bonds. The van der Waals surface area contributed by atoms with Crippen LogP contribution in [0.4, 0.5) is 4.79 Å². The van der Waals surface area contributed by atoms with E-state index in [9.17, 15) is 9.59 Å². The maximum Gasteiger partial charge on any atom is 0.287 e. The molecule has 0 aliphatic rings. The second-order valence-corrected chi connectivity index (χ2v) is 2.63. The fourth-order valence-electron chi connectivity index (χ4n) is 0.0671. The van der Waals surface area contributed by atoms with Crippen LogP contribution in [0.25, 0.3) is 0 Å². The van der Waals surface area contributed by atoms with Crippen LogP contribution in [0.3, 0.4) is 0 Å². The van der Waals surface area contributed by atoms with E-state index in [-0.39, 0.29) is 0 Å². The molecule has 2 N–H and O–H groups in total. The van der Waals surface area contributed by atoms with Gasteiger partial charge in [-0.2, -0.15) is 0 Å². The number of nitrogens with two attached hydrogens (primary N) is 1. The van der Waals surface area contributed by atoms with Gasteiger partial charge < -0.3 is 5.73 Å². The van der Waals surface area contributed by atoms with Crippen molar-refractivity contribution in [1.82, 2.24) is 0 Å². The molecule has 0 aromatic rings. The average molecular weight is 137 g/mol. The van der Waals surface area contributed by atoms with Gasteiger partial charge in [-0.15, -0.1) is 0 Å². The van der Waals surface area contributed by atoms with Crippen LogP contribution in [0.1, 0.15) is 0 Å². The average Bonchev–Trinajstić information content (AvgIpc) is 1.61. The normalized spacial score (nSPS) is 8.00. The smallest absolute Gasteiger partial charge is 0.287 e. The standard InChI is InChI=1S/C2H3NO2S2/c3-2(5)7-6-1-4/h1H,(H2,3,5). The molecule has 0 unspecified atom stereocenters. The third-order valence-electron chi connectivity index (χ3n) is 0.170. The van der Waals surface area contributed by atoms with Crippen molar-refractivity contribution in [2.75, 3.05) is 0 Å². The maximum absolute atomic E-state index is 9.76. The molecule has 0 aliphatic heterocycles. The summed E-state index contributed by atoms with van der Waals surface area (Å²) in [4.78, 5) is 19.2. The highest BCUT2D eigenvalue weighted by Gasteiger charge is 1.90. The van der Waals surface area contributed by atoms with Crippen molar-refractivity contribution in [1.29, 1.82) is 0 Å². The Morgan fingerprint density at radius 2 is 2.29 bits per heavy atom. The highest BCUT2D eigenvalue weighted by atomic mass is 33.1. The molecule has 40 valence electrons. The Morgan fingerprint density at radius 3 is 2.43 bits per heavy atom. The first-order valence-corrected chi connectivity index (χ1v) is 3.55. The van der Waals surface area contributed by atoms with E-state index in [1.165, 1.54) is 0 Å². The number of carbonyl (C=O) groups excluding carboxylic acids is 2. The van der Waals surface area contributed by atoms with Crippen LogP contribution in [-0.2, 0) is 4.79 Å². The number of hydrogen-bond donors (Lipinski definition) is 1. The van der Waals surface area contributed by atoms with Gasteiger partial charge in [-0.1, -0.05) is 0 Å². The van der Waals surface area contributed by atoms with Crippen LogP contribution in [0.15, 0.2) is 0 Å². The van der Waals surface area contributed by atoms with E-state index in [0.29, 0.717) is 5.62 Å². The number of hydrogen-bond acceptors (Lipinski definition) is 4. The molecule has 0 saturated heterocycles. The van der Waals surface area contributed by atoms with Crippen molar-refractivity contribution in [2.45, 2.75) is 0 Å². The maximum atomic E-state index is 9.76. The van der Waals surface area contributed by atoms with Gasteiger partial charge in [0.2, 0.25) is 0 Å². The van der Waals surface area contributed by atoms with Gasteiger partial charge in [-0.3, -0.25) is 9.59 Å². The van der Waals surface area contributed by atoms with E-state index < -0.39 is 5.24 Å². The summed E-state index contributed by atoms with van der Waals surface area (Å²) >= 11 is 0. The van der Waals surface area contributed by atoms with Gasteiger partial charge in [0.15, 0.2) is 5.62 Å². The molecule has 0 bridgehead atoms. The van der Waals surface area contributed by atoms with Crippen LogP contribution in [0.5, 0.6) is 0 Å². The molecule has 0 radical (unpaired) electrons. The van der Waals surface area contributed by atoms with Gasteiger partial charge >= 0.3 is 0 Å². The predicted octanol–water partition coefficient (Wildman–Crippen LogP) is 0.637. The summed E-state index contributed by atoms with van der Waals surface area (Å²) in [5.74, 6) is 0. The molecule has 0 aromatic carbocycles. The molecular formula is C2H3NO2S2. The minimum absolute atomic E-state index is 0.544. The van der Waals surface area contributed by atoms with E-state index in [4.69, 9.17) is 0 Å². The molecule has 0 heterocycles. The van der Waals surface area contributed by atoms with Crippen molar-refractivity contribution in [3.05, 3.63) is 0 Å². The van der Waals surface area contributed by atoms with Gasteiger partial charge in [0.1, 0.15) is 0 Å². The van der Waals surface area contributed by atoms with Gasteiger partial charge in [-0.05, 0) is 10.8 Å². The minimum atomic E-state index is -0.544. The molecule has 0 saturated carbocycles. The third kappa shape index (κ3) is 5.84. The molecule has 0 aromatic heterocycles. The molecule has 0 spiro atoms. The molecular weight excluding hydrogens is 134 g/mol. The summed E-state index contributed by atoms with van der Waals surface area (Å²) in [5.41, 5.74) is 5.17. The van der Waals surface area contributed by atoms with Crippen LogP contribution in [0.2, 0.25) is 0 Å². The molecule has 3 nitrogen and oxygen atoms in total. The van der Waals surface area contributed by atoms with Gasteiger partial charge in [0, 0.05) is 10.8 Å². The van der Waals surface area contributed by atoms with E-state index >= 15 is 0 Å². The highest BCUT2D eigenvalue weighted by Crippen LogP contribution is 2.15. The van der Waals surface area contributed by atoms with E-state index in [0.717, 1.165) is 21.6 Å². The van der Waals surface area contributed by atoms with Crippen LogP contribution in [0, 0.1) is 0 Å². The van der Waals surface area contributed by atoms with Crippen LogP contribution >= 0.6 is 21.6 Å². The van der Waals surface area contributed by atoms with Gasteiger partial charge in [0.05, 0.1) is 0 Å². The Morgan fingerprint density at radius 1 is 1.71 bits per heavy atom. The number of carbonyl (C=O) groups is 2. The zero-order valence-corrected chi connectivity index (χ0v) is 4.92. The Balaban J connectivity index is 2.97. The number of amides is 1. The topological polar surface area (TPSA) is 60.2 Å². The third-order valence-corrected chi connectivity index (χ3v) is 1.53. The van der Waals surface area contributed by atoms with Gasteiger partial charge in [0.25, 0.3) is 5.24 Å². The lowest BCUT2D eigenvalue weighted by Gasteiger charge is -1.79. The summed E-state index contributed by atoms with van der Waals surface area (Å²) < 4.78 is 0. The molecule has 0 aliphatic carbocycles. The summed E-state index contributed by atoms with van der Waals surface area (Å²) in [6.07, 6.45) is 0. The fourth-order valence-corrected chi connectivity index (χ4v) is 0.604. The van der Waals surface area contributed by atoms with E-state index in [2.05, 4.69) is 5.73 Å². The fraction of sp³-hybridized carbons (Fsp3) is 0. The van der Waals surface area contributed by atoms with Crippen molar-refractivity contribution < 1.29 is 9.59 Å². The zero-order valence-electron chi connectivity index (χ0n) is 3.29. The second-order valence-electron chi connectivity index (χ2n) is 0.595. The Labute approximate surface area is 48.4 Å². The van der Waals surface area contributed by atoms with Crippen molar-refractivity contribution in [3.8, 4) is 0 Å². The molecule has 7 heavy (non-hydrogen) atoms. The van der Waals surface area contributed by atoms with Crippen molar-refractivity contribution in [3.63, 3.8) is 0 Å². The van der Waals surface area contributed by atoms with Crippen LogP contribution in [-0.4, -0.2) is 10.9 Å². The van der Waals surface area contributed by atoms with Crippen molar-refractivity contribution in [2.24, 2.45) is 5.73 Å². The van der Waals surface area contributed by atoms with E-state index in [1.54, 1.807) is 0 Å². The largest absolute Gasteiger partial charge is 0.360 e. The number of rotatable bonds is 2. The quantitative estimate of drug-likeness (QED) is 0.448. The molecule has 0 atom stereocenters. The number of primary amides is 1. The lowest BCUT2D eigenvalue weighted by Crippen LogP contribution is -1.99. The lowest BCUT2D eigenvalue weighted by molar-refractivity contribution is 0.267. The monoisotopic (exact) mass is 137 g/mol. The molecule has 0 fully saturated rings. The minimum Gasteiger partial charge on any atom is -0.360 e. The Kier molecular flexibility index (Phi) is 3.92. The van der Waals surface area contributed by atoms with Gasteiger partial charge in [-0.25, -0.2) is 0 Å². The first kappa shape index (κ1) is 6.84. The predicted molar refractivity (Wildman–Crippen MR) is 31.5 cm³/mol. The molecule has 5 heteroatoms. The lowest BCUT2D eigenvalue weighted by atomic mass is 11.5. The second kappa shape index (κ2) is 4.01. The Bertz CT molecular complexity index is 83.8. The summed E-state index contributed by atoms with van der Waals surface area (Å²) in [7, 11) is 1.50. The van der Waals surface area contributed by atoms with E-state index in [1.807, 2.05) is 0 Å². The highest BCUT2D eigenvalue weighted by molar-refractivity contribution is 8.86. The summed E-state index contributed by atoms with van der Waals surface area (Å²) in [5, 5.41) is -0.544. The van der Waals surface area contributed by atoms with Crippen molar-refractivity contribution >= 4 is 32.4 Å². The van der Waals surface area contributed by atoms with Crippen LogP contribution < -0.4 is 5.73 Å². The summed E-state index contributed by atoms with van der Waals surface area (Å²) in [6.45, 7) is 0. The summed E-state index contributed by atoms with van der Waals surface area (Å²) in [6, 6.07) is 0. The molecule has 0 rings (SSSR count).